The molecule has 1 atom stereocenters. The van der Waals surface area contributed by atoms with Crippen LogP contribution in [0.5, 0.6) is 0 Å². The summed E-state index contributed by atoms with van der Waals surface area (Å²) in [6.45, 7) is 4.17. The number of alkyl halides is 1. The topological polar surface area (TPSA) is 3.24 Å². The first-order valence-electron chi connectivity index (χ1n) is 5.17. The van der Waals surface area contributed by atoms with Crippen molar-refractivity contribution in [2.75, 3.05) is 11.9 Å². The molecule has 0 bridgehead atoms. The number of benzene rings is 1. The van der Waals surface area contributed by atoms with Gasteiger partial charge in [-0.15, -0.1) is 11.6 Å². The van der Waals surface area contributed by atoms with Crippen molar-refractivity contribution in [2.24, 2.45) is 0 Å². The highest BCUT2D eigenvalue weighted by atomic mass is 35.5. The molecule has 1 aromatic rings. The van der Waals surface area contributed by atoms with E-state index in [4.69, 9.17) is 11.6 Å². The second-order valence-electron chi connectivity index (χ2n) is 3.79. The van der Waals surface area contributed by atoms with E-state index in [1.165, 1.54) is 6.07 Å². The second kappa shape index (κ2) is 5.36. The summed E-state index contributed by atoms with van der Waals surface area (Å²) in [7, 11) is 1.91. The lowest BCUT2D eigenvalue weighted by atomic mass is 10.1. The third kappa shape index (κ3) is 2.85. The summed E-state index contributed by atoms with van der Waals surface area (Å²) in [6.07, 6.45) is 0.993. The van der Waals surface area contributed by atoms with E-state index in [-0.39, 0.29) is 5.82 Å². The highest BCUT2D eigenvalue weighted by molar-refractivity contribution is 6.17. The summed E-state index contributed by atoms with van der Waals surface area (Å²) in [5, 5.41) is 0. The van der Waals surface area contributed by atoms with E-state index in [1.54, 1.807) is 6.07 Å². The van der Waals surface area contributed by atoms with Crippen molar-refractivity contribution in [3.05, 3.63) is 29.6 Å². The van der Waals surface area contributed by atoms with Gasteiger partial charge < -0.3 is 4.90 Å². The number of anilines is 1. The van der Waals surface area contributed by atoms with Crippen LogP contribution in [0, 0.1) is 5.82 Å². The van der Waals surface area contributed by atoms with Gasteiger partial charge >= 0.3 is 0 Å². The monoisotopic (exact) mass is 229 g/mol. The van der Waals surface area contributed by atoms with Crippen LogP contribution in [0.1, 0.15) is 25.8 Å². The van der Waals surface area contributed by atoms with Gasteiger partial charge in [-0.3, -0.25) is 0 Å². The fourth-order valence-corrected chi connectivity index (χ4v) is 1.60. The SMILES string of the molecule is CCC(C)N(C)c1ccc(CCl)cc1F. The van der Waals surface area contributed by atoms with Gasteiger partial charge in [-0.1, -0.05) is 13.0 Å². The summed E-state index contributed by atoms with van der Waals surface area (Å²) in [5.41, 5.74) is 1.45. The first-order chi connectivity index (χ1) is 7.10. The van der Waals surface area contributed by atoms with E-state index < -0.39 is 0 Å². The molecule has 1 nitrogen and oxygen atoms in total. The molecule has 0 aliphatic heterocycles. The molecule has 0 aromatic heterocycles. The van der Waals surface area contributed by atoms with Crippen LogP contribution in [-0.4, -0.2) is 13.1 Å². The lowest BCUT2D eigenvalue weighted by molar-refractivity contribution is 0.598. The van der Waals surface area contributed by atoms with Gasteiger partial charge in [-0.05, 0) is 31.0 Å². The van der Waals surface area contributed by atoms with Crippen LogP contribution in [0.4, 0.5) is 10.1 Å². The molecule has 0 heterocycles. The van der Waals surface area contributed by atoms with Crippen molar-refractivity contribution in [2.45, 2.75) is 32.2 Å². The van der Waals surface area contributed by atoms with Gasteiger partial charge in [-0.2, -0.15) is 0 Å². The van der Waals surface area contributed by atoms with Crippen LogP contribution < -0.4 is 4.90 Å². The van der Waals surface area contributed by atoms with Crippen LogP contribution in [0.15, 0.2) is 18.2 Å². The van der Waals surface area contributed by atoms with Crippen LogP contribution in [0.2, 0.25) is 0 Å². The third-order valence-corrected chi connectivity index (χ3v) is 3.11. The Kier molecular flexibility index (Phi) is 4.40. The van der Waals surface area contributed by atoms with Gasteiger partial charge in [0.25, 0.3) is 0 Å². The molecular weight excluding hydrogens is 213 g/mol. The fraction of sp³-hybridized carbons (Fsp3) is 0.500. The standard InChI is InChI=1S/C12H17ClFN/c1-4-9(2)15(3)12-6-5-10(8-13)7-11(12)14/h5-7,9H,4,8H2,1-3H3. The van der Waals surface area contributed by atoms with Crippen LogP contribution in [0.3, 0.4) is 0 Å². The molecule has 1 unspecified atom stereocenters. The Balaban J connectivity index is 2.95. The summed E-state index contributed by atoms with van der Waals surface area (Å²) < 4.78 is 13.7. The van der Waals surface area contributed by atoms with E-state index in [0.717, 1.165) is 12.0 Å². The van der Waals surface area contributed by atoms with Crippen molar-refractivity contribution in [3.63, 3.8) is 0 Å². The number of hydrogen-bond acceptors (Lipinski definition) is 1. The van der Waals surface area contributed by atoms with Crippen LogP contribution >= 0.6 is 11.6 Å². The maximum Gasteiger partial charge on any atom is 0.146 e. The zero-order valence-electron chi connectivity index (χ0n) is 9.43. The van der Waals surface area contributed by atoms with Crippen molar-refractivity contribution < 1.29 is 4.39 Å². The van der Waals surface area contributed by atoms with Gasteiger partial charge in [0, 0.05) is 19.0 Å². The van der Waals surface area contributed by atoms with E-state index in [2.05, 4.69) is 13.8 Å². The maximum absolute atomic E-state index is 13.7. The normalized spacial score (nSPS) is 12.6. The molecule has 0 radical (unpaired) electrons. The average Bonchev–Trinajstić information content (AvgIpc) is 2.26. The van der Waals surface area contributed by atoms with Gasteiger partial charge in [-0.25, -0.2) is 4.39 Å². The molecule has 1 rings (SSSR count). The second-order valence-corrected chi connectivity index (χ2v) is 4.05. The number of hydrogen-bond donors (Lipinski definition) is 0. The quantitative estimate of drug-likeness (QED) is 0.710. The molecule has 0 N–H and O–H groups in total. The molecule has 0 aliphatic carbocycles. The van der Waals surface area contributed by atoms with Crippen LogP contribution in [-0.2, 0) is 5.88 Å². The minimum Gasteiger partial charge on any atom is -0.370 e. The summed E-state index contributed by atoms with van der Waals surface area (Å²) in [5.74, 6) is 0.153. The summed E-state index contributed by atoms with van der Waals surface area (Å²) in [4.78, 5) is 1.95. The molecule has 15 heavy (non-hydrogen) atoms. The third-order valence-electron chi connectivity index (χ3n) is 2.80. The Hall–Kier alpha value is -0.760. The maximum atomic E-state index is 13.7. The predicted octanol–water partition coefficient (Wildman–Crippen LogP) is 3.80. The van der Waals surface area contributed by atoms with Gasteiger partial charge in [0.1, 0.15) is 5.82 Å². The molecule has 0 aliphatic rings. The minimum absolute atomic E-state index is 0.198. The molecule has 0 spiro atoms. The molecule has 1 aromatic carbocycles. The Morgan fingerprint density at radius 3 is 2.60 bits per heavy atom. The Morgan fingerprint density at radius 1 is 1.47 bits per heavy atom. The predicted molar refractivity (Wildman–Crippen MR) is 64.1 cm³/mol. The zero-order valence-corrected chi connectivity index (χ0v) is 10.2. The lowest BCUT2D eigenvalue weighted by Crippen LogP contribution is -2.28. The highest BCUT2D eigenvalue weighted by Crippen LogP contribution is 2.22. The van der Waals surface area contributed by atoms with E-state index >= 15 is 0 Å². The lowest BCUT2D eigenvalue weighted by Gasteiger charge is -2.26. The van der Waals surface area contributed by atoms with Crippen LogP contribution in [0.25, 0.3) is 0 Å². The summed E-state index contributed by atoms with van der Waals surface area (Å²) in [6, 6.07) is 5.49. The van der Waals surface area contributed by atoms with E-state index in [9.17, 15) is 4.39 Å². The fourth-order valence-electron chi connectivity index (χ4n) is 1.43. The molecule has 0 fully saturated rings. The van der Waals surface area contributed by atoms with Crippen molar-refractivity contribution in [3.8, 4) is 0 Å². The molecule has 84 valence electrons. The van der Waals surface area contributed by atoms with Crippen molar-refractivity contribution in [1.82, 2.24) is 0 Å². The first-order valence-corrected chi connectivity index (χ1v) is 5.70. The zero-order chi connectivity index (χ0) is 11.4. The van der Waals surface area contributed by atoms with Gasteiger partial charge in [0.15, 0.2) is 0 Å². The van der Waals surface area contributed by atoms with Crippen molar-refractivity contribution >= 4 is 17.3 Å². The summed E-state index contributed by atoms with van der Waals surface area (Å²) >= 11 is 5.64. The number of rotatable bonds is 4. The Morgan fingerprint density at radius 2 is 2.13 bits per heavy atom. The van der Waals surface area contributed by atoms with Crippen molar-refractivity contribution in [1.29, 1.82) is 0 Å². The van der Waals surface area contributed by atoms with E-state index in [0.29, 0.717) is 17.6 Å². The smallest absolute Gasteiger partial charge is 0.146 e. The van der Waals surface area contributed by atoms with Gasteiger partial charge in [0.05, 0.1) is 5.69 Å². The molecule has 0 saturated heterocycles. The molecule has 3 heteroatoms. The first kappa shape index (κ1) is 12.3. The number of halogens is 2. The highest BCUT2D eigenvalue weighted by Gasteiger charge is 2.12. The van der Waals surface area contributed by atoms with E-state index in [1.807, 2.05) is 18.0 Å². The Bertz CT molecular complexity index is 327. The molecule has 0 amide bonds. The average molecular weight is 230 g/mol. The largest absolute Gasteiger partial charge is 0.370 e. The molecular formula is C12H17ClFN. The number of nitrogens with zero attached hydrogens (tertiary/aromatic N) is 1. The minimum atomic E-state index is -0.198. The molecule has 0 saturated carbocycles. The van der Waals surface area contributed by atoms with Gasteiger partial charge in [0.2, 0.25) is 0 Å². The Labute approximate surface area is 95.8 Å².